The number of rotatable bonds is 3. The average Bonchev–Trinajstić information content (AvgIpc) is 3.48. The standard InChI is InChI=1S/C20H22FN3O3/c1-19-9-23(10-20(19,2)22(19)3)16-7-15-12(6-14(16)21)17(25)13(18(26)27)8-24(15)11-4-5-11/h6-8,11H,4-5,9-10H2,1-3H3,(H,26,27). The molecule has 0 radical (unpaired) electrons. The molecular formula is C20H22FN3O3. The molecule has 0 spiro atoms. The van der Waals surface area contributed by atoms with Crippen molar-refractivity contribution in [3.63, 3.8) is 0 Å². The summed E-state index contributed by atoms with van der Waals surface area (Å²) in [6, 6.07) is 3.13. The van der Waals surface area contributed by atoms with Crippen LogP contribution in [0.3, 0.4) is 0 Å². The van der Waals surface area contributed by atoms with Crippen molar-refractivity contribution in [3.05, 3.63) is 39.9 Å². The van der Waals surface area contributed by atoms with E-state index in [4.69, 9.17) is 0 Å². The number of carboxylic acid groups (broad SMARTS) is 1. The molecule has 2 aliphatic heterocycles. The summed E-state index contributed by atoms with van der Waals surface area (Å²) in [6.07, 6.45) is 3.30. The monoisotopic (exact) mass is 371 g/mol. The van der Waals surface area contributed by atoms with Crippen molar-refractivity contribution in [1.82, 2.24) is 9.47 Å². The highest BCUT2D eigenvalue weighted by atomic mass is 19.1. The lowest BCUT2D eigenvalue weighted by Gasteiger charge is -2.26. The van der Waals surface area contributed by atoms with Gasteiger partial charge in [-0.15, -0.1) is 0 Å². The molecule has 3 fully saturated rings. The Balaban J connectivity index is 1.67. The van der Waals surface area contributed by atoms with E-state index in [1.807, 2.05) is 9.47 Å². The van der Waals surface area contributed by atoms with Gasteiger partial charge in [0.25, 0.3) is 0 Å². The van der Waals surface area contributed by atoms with Crippen LogP contribution in [0.15, 0.2) is 23.1 Å². The van der Waals surface area contributed by atoms with Crippen molar-refractivity contribution < 1.29 is 14.3 Å². The number of aromatic carboxylic acids is 1. The van der Waals surface area contributed by atoms with Gasteiger partial charge in [0.05, 0.1) is 22.3 Å². The van der Waals surface area contributed by atoms with E-state index in [-0.39, 0.29) is 28.1 Å². The van der Waals surface area contributed by atoms with E-state index in [0.29, 0.717) is 11.2 Å². The Bertz CT molecular complexity index is 1060. The maximum absolute atomic E-state index is 15.0. The predicted molar refractivity (Wildman–Crippen MR) is 100 cm³/mol. The Morgan fingerprint density at radius 3 is 2.41 bits per heavy atom. The molecule has 27 heavy (non-hydrogen) atoms. The number of hydrogen-bond acceptors (Lipinski definition) is 4. The van der Waals surface area contributed by atoms with Crippen LogP contribution in [0.25, 0.3) is 10.9 Å². The molecule has 0 amide bonds. The van der Waals surface area contributed by atoms with Gasteiger partial charge in [-0.1, -0.05) is 0 Å². The van der Waals surface area contributed by atoms with Crippen LogP contribution in [0.4, 0.5) is 10.1 Å². The minimum absolute atomic E-state index is 0.0255. The Morgan fingerprint density at radius 1 is 1.22 bits per heavy atom. The molecule has 0 bridgehead atoms. The quantitative estimate of drug-likeness (QED) is 0.840. The molecule has 3 aliphatic rings. The third-order valence-electron chi connectivity index (χ3n) is 7.20. The van der Waals surface area contributed by atoms with Crippen LogP contribution in [0, 0.1) is 5.82 Å². The summed E-state index contributed by atoms with van der Waals surface area (Å²) in [4.78, 5) is 28.4. The molecule has 1 saturated carbocycles. The van der Waals surface area contributed by atoms with Gasteiger partial charge >= 0.3 is 5.97 Å². The zero-order chi connectivity index (χ0) is 19.3. The molecule has 2 atom stereocenters. The van der Waals surface area contributed by atoms with E-state index in [1.165, 1.54) is 12.3 Å². The average molecular weight is 371 g/mol. The highest BCUT2D eigenvalue weighted by Gasteiger charge is 2.71. The molecule has 6 nitrogen and oxygen atoms in total. The Morgan fingerprint density at radius 2 is 1.85 bits per heavy atom. The van der Waals surface area contributed by atoms with Crippen LogP contribution >= 0.6 is 0 Å². The molecule has 1 aromatic carbocycles. The summed E-state index contributed by atoms with van der Waals surface area (Å²) >= 11 is 0. The number of carbonyl (C=O) groups is 1. The molecule has 1 N–H and O–H groups in total. The molecular weight excluding hydrogens is 349 g/mol. The summed E-state index contributed by atoms with van der Waals surface area (Å²) in [7, 11) is 2.09. The number of nitrogens with zero attached hydrogens (tertiary/aromatic N) is 3. The third kappa shape index (κ3) is 2.03. The number of halogens is 1. The molecule has 2 unspecified atom stereocenters. The fraction of sp³-hybridized carbons (Fsp3) is 0.500. The molecule has 5 rings (SSSR count). The highest BCUT2D eigenvalue weighted by Crippen LogP contribution is 2.56. The first-order valence-corrected chi connectivity index (χ1v) is 9.28. The fourth-order valence-corrected chi connectivity index (χ4v) is 4.88. The van der Waals surface area contributed by atoms with Crippen LogP contribution in [-0.4, -0.2) is 51.8 Å². The van der Waals surface area contributed by atoms with Crippen LogP contribution in [-0.2, 0) is 0 Å². The topological polar surface area (TPSA) is 65.6 Å². The highest BCUT2D eigenvalue weighted by molar-refractivity contribution is 5.93. The smallest absolute Gasteiger partial charge is 0.341 e. The summed E-state index contributed by atoms with van der Waals surface area (Å²) in [5, 5.41) is 9.48. The van der Waals surface area contributed by atoms with Gasteiger partial charge in [-0.2, -0.15) is 0 Å². The molecule has 1 aliphatic carbocycles. The summed E-state index contributed by atoms with van der Waals surface area (Å²) < 4.78 is 16.8. The van der Waals surface area contributed by atoms with Crippen molar-refractivity contribution in [3.8, 4) is 0 Å². The number of benzene rings is 1. The third-order valence-corrected chi connectivity index (χ3v) is 7.20. The van der Waals surface area contributed by atoms with E-state index in [2.05, 4.69) is 25.8 Å². The van der Waals surface area contributed by atoms with Crippen molar-refractivity contribution >= 4 is 22.6 Å². The van der Waals surface area contributed by atoms with Crippen molar-refractivity contribution in [2.45, 2.75) is 43.8 Å². The SMILES string of the molecule is CN1C2(C)CN(c3cc4c(cc3F)c(=O)c(C(=O)O)cn4C3CC3)CC12C. The summed E-state index contributed by atoms with van der Waals surface area (Å²) in [6.45, 7) is 5.82. The first-order valence-electron chi connectivity index (χ1n) is 9.28. The zero-order valence-corrected chi connectivity index (χ0v) is 15.6. The second kappa shape index (κ2) is 4.90. The molecule has 3 heterocycles. The lowest BCUT2D eigenvalue weighted by atomic mass is 10.0. The van der Waals surface area contributed by atoms with Crippen LogP contribution in [0.5, 0.6) is 0 Å². The van der Waals surface area contributed by atoms with Gasteiger partial charge in [-0.05, 0) is 45.9 Å². The summed E-state index contributed by atoms with van der Waals surface area (Å²) in [5.41, 5.74) is 0.235. The summed E-state index contributed by atoms with van der Waals surface area (Å²) in [5.74, 6) is -1.75. The van der Waals surface area contributed by atoms with Gasteiger partial charge < -0.3 is 14.6 Å². The Labute approximate surface area is 155 Å². The largest absolute Gasteiger partial charge is 0.477 e. The lowest BCUT2D eigenvalue weighted by molar-refractivity contribution is 0.0695. The van der Waals surface area contributed by atoms with E-state index >= 15 is 0 Å². The number of carboxylic acids is 1. The van der Waals surface area contributed by atoms with Gasteiger partial charge in [-0.25, -0.2) is 9.18 Å². The number of fused-ring (bicyclic) bond motifs is 2. The van der Waals surface area contributed by atoms with E-state index in [0.717, 1.165) is 25.9 Å². The fourth-order valence-electron chi connectivity index (χ4n) is 4.88. The Hall–Kier alpha value is -2.41. The van der Waals surface area contributed by atoms with Gasteiger partial charge in [0, 0.05) is 30.7 Å². The molecule has 1 aromatic heterocycles. The first-order chi connectivity index (χ1) is 12.7. The van der Waals surface area contributed by atoms with Crippen LogP contribution in [0.1, 0.15) is 43.1 Å². The van der Waals surface area contributed by atoms with E-state index in [9.17, 15) is 19.1 Å². The Kier molecular flexibility index (Phi) is 3.04. The minimum Gasteiger partial charge on any atom is -0.477 e. The molecule has 2 saturated heterocycles. The number of likely N-dealkylation sites (N-methyl/N-ethyl adjacent to an activating group) is 1. The number of pyridine rings is 1. The maximum Gasteiger partial charge on any atom is 0.341 e. The molecule has 7 heteroatoms. The normalized spacial score (nSPS) is 32.0. The second-order valence-electron chi connectivity index (χ2n) is 8.60. The predicted octanol–water partition coefficient (Wildman–Crippen LogP) is 2.46. The number of aromatic nitrogens is 1. The van der Waals surface area contributed by atoms with Crippen molar-refractivity contribution in [2.75, 3.05) is 25.0 Å². The first kappa shape index (κ1) is 16.7. The molecule has 2 aromatic rings. The molecule has 142 valence electrons. The maximum atomic E-state index is 15.0. The second-order valence-corrected chi connectivity index (χ2v) is 8.60. The van der Waals surface area contributed by atoms with Crippen LogP contribution in [0.2, 0.25) is 0 Å². The van der Waals surface area contributed by atoms with Crippen molar-refractivity contribution in [2.24, 2.45) is 0 Å². The van der Waals surface area contributed by atoms with Gasteiger partial charge in [-0.3, -0.25) is 9.69 Å². The zero-order valence-electron chi connectivity index (χ0n) is 15.6. The lowest BCUT2D eigenvalue weighted by Crippen LogP contribution is -2.33. The number of hydrogen-bond donors (Lipinski definition) is 1. The van der Waals surface area contributed by atoms with E-state index in [1.54, 1.807) is 6.07 Å². The number of anilines is 1. The van der Waals surface area contributed by atoms with Crippen LogP contribution < -0.4 is 10.3 Å². The van der Waals surface area contributed by atoms with Gasteiger partial charge in [0.15, 0.2) is 0 Å². The van der Waals surface area contributed by atoms with Gasteiger partial charge in [0.2, 0.25) is 5.43 Å². The van der Waals surface area contributed by atoms with E-state index < -0.39 is 17.2 Å². The van der Waals surface area contributed by atoms with Crippen molar-refractivity contribution in [1.29, 1.82) is 0 Å². The number of piperazine rings is 1. The van der Waals surface area contributed by atoms with Gasteiger partial charge in [0.1, 0.15) is 11.4 Å². The minimum atomic E-state index is -1.27.